The van der Waals surface area contributed by atoms with Crippen LogP contribution in [0.1, 0.15) is 0 Å². The molecular weight excluding hydrogens is 805 g/mol. The van der Waals surface area contributed by atoms with E-state index in [4.69, 9.17) is 0 Å². The van der Waals surface area contributed by atoms with Gasteiger partial charge < -0.3 is 0 Å². The van der Waals surface area contributed by atoms with Gasteiger partial charge in [-0.05, 0) is 153 Å². The Morgan fingerprint density at radius 3 is 0.490 bits per heavy atom. The molecular formula is C41H29ClF6P2Ru+. The topological polar surface area (TPSA) is 0 Å². The summed E-state index contributed by atoms with van der Waals surface area (Å²) in [5.74, 6) is -1.85. The molecule has 51 heavy (non-hydrogen) atoms. The molecule has 6 aromatic rings. The van der Waals surface area contributed by atoms with E-state index in [-0.39, 0.29) is 34.9 Å². The van der Waals surface area contributed by atoms with Gasteiger partial charge in [0, 0.05) is 0 Å². The molecule has 0 atom stereocenters. The van der Waals surface area contributed by atoms with E-state index in [0.717, 1.165) is 31.8 Å². The first-order valence-corrected chi connectivity index (χ1v) is 20.1. The molecule has 0 amide bonds. The molecule has 0 nitrogen and oxygen atoms in total. The van der Waals surface area contributed by atoms with Crippen LogP contribution in [0, 0.1) is 67.0 Å². The molecule has 0 unspecified atom stereocenters. The molecule has 10 heteroatoms. The summed E-state index contributed by atoms with van der Waals surface area (Å²) in [5, 5.41) is 5.55. The molecule has 0 aromatic heterocycles. The van der Waals surface area contributed by atoms with Gasteiger partial charge in [-0.25, -0.2) is 26.3 Å². The van der Waals surface area contributed by atoms with Crippen LogP contribution in [0.25, 0.3) is 0 Å². The van der Waals surface area contributed by atoms with Gasteiger partial charge >= 0.3 is 27.0 Å². The zero-order valence-electron chi connectivity index (χ0n) is 26.6. The zero-order valence-corrected chi connectivity index (χ0v) is 30.9. The average Bonchev–Trinajstić information content (AvgIpc) is 3.75. The number of benzene rings is 6. The van der Waals surface area contributed by atoms with Crippen LogP contribution < -0.4 is 31.8 Å². The predicted molar refractivity (Wildman–Crippen MR) is 197 cm³/mol. The van der Waals surface area contributed by atoms with Gasteiger partial charge in [0.2, 0.25) is 0 Å². The van der Waals surface area contributed by atoms with E-state index in [1.54, 1.807) is 72.8 Å². The maximum absolute atomic E-state index is 13.2. The van der Waals surface area contributed by atoms with Crippen molar-refractivity contribution < 1.29 is 43.7 Å². The third-order valence-corrected chi connectivity index (χ3v) is 12.0. The third-order valence-electron chi connectivity index (χ3n) is 7.06. The van der Waals surface area contributed by atoms with Gasteiger partial charge in [0.1, 0.15) is 34.9 Å². The third kappa shape index (κ3) is 12.7. The average molecular weight is 834 g/mol. The van der Waals surface area contributed by atoms with E-state index in [1.165, 1.54) is 72.8 Å². The molecule has 0 saturated heterocycles. The molecule has 1 aliphatic rings. The first kappa shape index (κ1) is 40.4. The Balaban J connectivity index is 0.000000193. The Morgan fingerprint density at radius 1 is 0.255 bits per heavy atom. The number of hydrogen-bond donors (Lipinski definition) is 0. The van der Waals surface area contributed by atoms with Crippen molar-refractivity contribution in [2.75, 3.05) is 0 Å². The van der Waals surface area contributed by atoms with Crippen molar-refractivity contribution in [3.05, 3.63) is 213 Å². The van der Waals surface area contributed by atoms with Gasteiger partial charge in [0.15, 0.2) is 0 Å². The summed E-state index contributed by atoms with van der Waals surface area (Å²) in [7, 11) is 2.60. The van der Waals surface area contributed by atoms with Crippen LogP contribution in [0.4, 0.5) is 26.3 Å². The molecule has 1 saturated carbocycles. The fraction of sp³-hybridized carbons (Fsp3) is 0. The molecule has 1 fully saturated rings. The van der Waals surface area contributed by atoms with Crippen LogP contribution in [0.3, 0.4) is 0 Å². The fourth-order valence-electron chi connectivity index (χ4n) is 4.76. The minimum absolute atomic E-state index is 0.308. The second kappa shape index (κ2) is 21.3. The molecule has 0 bridgehead atoms. The number of rotatable bonds is 6. The quantitative estimate of drug-likeness (QED) is 0.0892. The van der Waals surface area contributed by atoms with E-state index in [9.17, 15) is 26.3 Å². The van der Waals surface area contributed by atoms with Gasteiger partial charge in [-0.15, -0.1) is 0 Å². The van der Waals surface area contributed by atoms with E-state index in [2.05, 4.69) is 9.69 Å². The van der Waals surface area contributed by atoms with Crippen LogP contribution in [-0.2, 0) is 17.3 Å². The summed E-state index contributed by atoms with van der Waals surface area (Å²) in [6, 6.07) is 37.4. The van der Waals surface area contributed by atoms with Crippen molar-refractivity contribution in [2.45, 2.75) is 0 Å². The van der Waals surface area contributed by atoms with E-state index in [0.29, 0.717) is 0 Å². The standard InChI is InChI=1S/2C18H12F3P.C5H5.ClH.Ru/c2*19-13-1-7-16(8-2-13)22(17-9-3-14(20)4-10-17)18-11-5-15(21)6-12-18;1-2-4-5-3-1;;/h2*1-12H;1-5H;1H;/q;;;;+2/p-1. The molecule has 0 N–H and O–H groups in total. The number of hydrogen-bond acceptors (Lipinski definition) is 0. The second-order valence-corrected chi connectivity index (χ2v) is 14.9. The molecule has 0 heterocycles. The van der Waals surface area contributed by atoms with E-state index in [1.807, 2.05) is 49.4 Å². The fourth-order valence-corrected chi connectivity index (χ4v) is 9.23. The molecule has 0 spiro atoms. The monoisotopic (exact) mass is 834 g/mol. The van der Waals surface area contributed by atoms with Crippen LogP contribution >= 0.6 is 25.5 Å². The Hall–Kier alpha value is -3.33. The molecule has 5 radical (unpaired) electrons. The summed E-state index contributed by atoms with van der Waals surface area (Å²) >= 11 is 1.82. The Labute approximate surface area is 312 Å². The van der Waals surface area contributed by atoms with Gasteiger partial charge in [-0.1, -0.05) is 72.8 Å². The summed E-state index contributed by atoms with van der Waals surface area (Å²) in [5.41, 5.74) is 0. The summed E-state index contributed by atoms with van der Waals surface area (Å²) in [6.07, 6.45) is 10.0. The summed E-state index contributed by atoms with van der Waals surface area (Å²) in [4.78, 5) is 0. The van der Waals surface area contributed by atoms with Gasteiger partial charge in [-0.3, -0.25) is 0 Å². The minimum atomic E-state index is -0.983. The molecule has 259 valence electrons. The van der Waals surface area contributed by atoms with Crippen LogP contribution in [-0.4, -0.2) is 0 Å². The normalized spacial score (nSPS) is 11.9. The second-order valence-electron chi connectivity index (χ2n) is 10.5. The van der Waals surface area contributed by atoms with Crippen molar-refractivity contribution in [2.24, 2.45) is 0 Å². The van der Waals surface area contributed by atoms with Crippen LogP contribution in [0.5, 0.6) is 0 Å². The first-order chi connectivity index (χ1) is 24.8. The van der Waals surface area contributed by atoms with Gasteiger partial charge in [-0.2, -0.15) is 0 Å². The molecule has 1 aliphatic carbocycles. The zero-order chi connectivity index (χ0) is 36.6. The van der Waals surface area contributed by atoms with Gasteiger partial charge in [0.25, 0.3) is 0 Å². The Kier molecular flexibility index (Phi) is 16.9. The number of halogens is 7. The summed E-state index contributed by atoms with van der Waals surface area (Å²) in [6.45, 7) is 0. The van der Waals surface area contributed by atoms with Crippen molar-refractivity contribution in [3.8, 4) is 0 Å². The molecule has 6 aromatic carbocycles. The van der Waals surface area contributed by atoms with Gasteiger partial charge in [0.05, 0.1) is 0 Å². The van der Waals surface area contributed by atoms with Crippen LogP contribution in [0.15, 0.2) is 146 Å². The summed E-state index contributed by atoms with van der Waals surface area (Å²) < 4.78 is 79.0. The molecule has 7 rings (SSSR count). The molecule has 0 aliphatic heterocycles. The van der Waals surface area contributed by atoms with E-state index < -0.39 is 15.8 Å². The SMILES string of the molecule is Fc1ccc(P(c2ccc(F)cc2)c2ccc(F)cc2)cc1.Fc1ccc(P(c2ccc(F)cc2)c2ccc(F)cc2)cc1.[CH]1[CH][CH][CH][CH]1.[Cl][Ru+]. The van der Waals surface area contributed by atoms with Crippen molar-refractivity contribution in [1.82, 2.24) is 0 Å². The van der Waals surface area contributed by atoms with Crippen molar-refractivity contribution in [3.63, 3.8) is 0 Å². The first-order valence-electron chi connectivity index (χ1n) is 15.2. The Morgan fingerprint density at radius 2 is 0.373 bits per heavy atom. The van der Waals surface area contributed by atoms with E-state index >= 15 is 0 Å². The predicted octanol–water partition coefficient (Wildman–Crippen LogP) is 9.43. The van der Waals surface area contributed by atoms with Crippen LogP contribution in [0.2, 0.25) is 0 Å². The van der Waals surface area contributed by atoms with Crippen molar-refractivity contribution >= 4 is 57.4 Å². The Bertz CT molecular complexity index is 1510. The maximum atomic E-state index is 13.2. The van der Waals surface area contributed by atoms with Crippen molar-refractivity contribution in [1.29, 1.82) is 0 Å².